The number of carbonyl (C=O) groups excluding carboxylic acids is 4. The highest BCUT2D eigenvalue weighted by Gasteiger charge is 2.48. The molecule has 2 aromatic heterocycles. The smallest absolute Gasteiger partial charge is 0.342 e. The van der Waals surface area contributed by atoms with Gasteiger partial charge in [0, 0.05) is 38.0 Å². The van der Waals surface area contributed by atoms with E-state index in [2.05, 4.69) is 15.6 Å². The molecule has 0 radical (unpaired) electrons. The molecule has 1 unspecified atom stereocenters. The second kappa shape index (κ2) is 18.5. The third-order valence-electron chi connectivity index (χ3n) is 9.72. The van der Waals surface area contributed by atoms with E-state index in [0.29, 0.717) is 28.7 Å². The molecule has 19 heteroatoms. The summed E-state index contributed by atoms with van der Waals surface area (Å²) in [5.41, 5.74) is 1.14. The number of fused-ring (bicyclic) bond motifs is 1. The molecule has 0 spiro atoms. The molecule has 2 aliphatic carbocycles. The molecule has 16 nitrogen and oxygen atoms in total. The Balaban J connectivity index is 1.14. The van der Waals surface area contributed by atoms with Gasteiger partial charge in [0.2, 0.25) is 0 Å². The van der Waals surface area contributed by atoms with Gasteiger partial charge in [-0.25, -0.2) is 33.0 Å². The number of rotatable bonds is 16. The van der Waals surface area contributed by atoms with Gasteiger partial charge in [-0.2, -0.15) is 0 Å². The molecule has 5 aromatic rings. The topological polar surface area (TPSA) is 203 Å². The van der Waals surface area contributed by atoms with E-state index in [1.165, 1.54) is 60.6 Å². The maximum atomic E-state index is 14.0. The van der Waals surface area contributed by atoms with Crippen LogP contribution in [0.4, 0.5) is 14.6 Å². The number of aliphatic hydroxyl groups excluding tert-OH is 1. The van der Waals surface area contributed by atoms with Gasteiger partial charge in [-0.05, 0) is 54.8 Å². The lowest BCUT2D eigenvalue weighted by molar-refractivity contribution is -0.132. The maximum Gasteiger partial charge on any atom is 0.342 e. The first kappa shape index (κ1) is 42.1. The van der Waals surface area contributed by atoms with Gasteiger partial charge >= 0.3 is 23.9 Å². The zero-order chi connectivity index (χ0) is 42.5. The van der Waals surface area contributed by atoms with Crippen molar-refractivity contribution in [3.63, 3.8) is 0 Å². The number of nitrogens with one attached hydrogen (secondary N) is 1. The molecule has 2 saturated carbocycles. The third kappa shape index (κ3) is 9.53. The predicted molar refractivity (Wildman–Crippen MR) is 210 cm³/mol. The molecule has 314 valence electrons. The molecule has 3 aromatic carbocycles. The molecule has 2 heterocycles. The van der Waals surface area contributed by atoms with E-state index in [9.17, 15) is 33.1 Å². The van der Waals surface area contributed by atoms with Crippen LogP contribution in [0.2, 0.25) is 0 Å². The zero-order valence-corrected chi connectivity index (χ0v) is 33.4. The Morgan fingerprint density at radius 2 is 1.57 bits per heavy atom. The van der Waals surface area contributed by atoms with Gasteiger partial charge in [0.15, 0.2) is 39.9 Å². The highest BCUT2D eigenvalue weighted by Crippen LogP contribution is 2.44. The summed E-state index contributed by atoms with van der Waals surface area (Å²) in [6, 6.07) is 14.8. The van der Waals surface area contributed by atoms with Crippen LogP contribution in [0.3, 0.4) is 0 Å². The van der Waals surface area contributed by atoms with Gasteiger partial charge in [0.1, 0.15) is 35.3 Å². The fourth-order valence-electron chi connectivity index (χ4n) is 6.89. The summed E-state index contributed by atoms with van der Waals surface area (Å²) in [6.07, 6.45) is -2.26. The van der Waals surface area contributed by atoms with Crippen LogP contribution in [-0.2, 0) is 23.8 Å². The van der Waals surface area contributed by atoms with Crippen LogP contribution in [0.1, 0.15) is 78.3 Å². The van der Waals surface area contributed by atoms with E-state index >= 15 is 0 Å². The lowest BCUT2D eigenvalue weighted by Gasteiger charge is -2.23. The summed E-state index contributed by atoms with van der Waals surface area (Å²) in [4.78, 5) is 59.4. The van der Waals surface area contributed by atoms with Crippen molar-refractivity contribution in [3.8, 4) is 11.5 Å². The first-order valence-electron chi connectivity index (χ1n) is 19.1. The number of aliphatic hydroxyl groups is 1. The van der Waals surface area contributed by atoms with Gasteiger partial charge in [-0.15, -0.1) is 5.10 Å². The molecule has 2 aliphatic rings. The minimum atomic E-state index is -1.44. The average Bonchev–Trinajstić information content (AvgIpc) is 3.75. The summed E-state index contributed by atoms with van der Waals surface area (Å²) < 4.78 is 56.9. The van der Waals surface area contributed by atoms with E-state index in [1.54, 1.807) is 30.3 Å². The highest BCUT2D eigenvalue weighted by atomic mass is 32.2. The van der Waals surface area contributed by atoms with Crippen molar-refractivity contribution in [1.82, 2.24) is 25.0 Å². The summed E-state index contributed by atoms with van der Waals surface area (Å²) in [5.74, 6) is -3.88. The number of anilines is 1. The Hall–Kier alpha value is -6.05. The number of hydrogen-bond acceptors (Lipinski definition) is 16. The Labute approximate surface area is 345 Å². The van der Waals surface area contributed by atoms with Crippen molar-refractivity contribution in [2.45, 2.75) is 81.5 Å². The Kier molecular flexibility index (Phi) is 13.0. The molecule has 0 bridgehead atoms. The average molecular weight is 847 g/mol. The number of para-hydroxylation sites is 2. The van der Waals surface area contributed by atoms with Crippen molar-refractivity contribution < 1.29 is 56.7 Å². The molecule has 7 rings (SSSR count). The van der Waals surface area contributed by atoms with Gasteiger partial charge in [0.25, 0.3) is 0 Å². The van der Waals surface area contributed by atoms with Crippen LogP contribution < -0.4 is 14.8 Å². The van der Waals surface area contributed by atoms with Gasteiger partial charge in [-0.1, -0.05) is 54.2 Å². The SMILES string of the molecule is CCCSc1nc(NC2C[C@H]2c2ccc(F)c(F)c2)c2nnn([C@@H]3C[C@H](OCCOC(=O)c4ccccc4OC(C)=O)[C@@H](OC(=O)c4ccccc4OC(C)=O)[C@H]3O)c2n1. The fourth-order valence-corrected chi connectivity index (χ4v) is 7.59. The Morgan fingerprint density at radius 3 is 2.23 bits per heavy atom. The lowest BCUT2D eigenvalue weighted by atomic mass is 10.1. The van der Waals surface area contributed by atoms with Crippen LogP contribution in [0.25, 0.3) is 11.2 Å². The minimum absolute atomic E-state index is 0.0224. The summed E-state index contributed by atoms with van der Waals surface area (Å²) in [6.45, 7) is 3.94. The van der Waals surface area contributed by atoms with E-state index in [-0.39, 0.29) is 65.4 Å². The number of thioether (sulfide) groups is 1. The first-order chi connectivity index (χ1) is 28.9. The largest absolute Gasteiger partial charge is 0.460 e. The number of hydrogen-bond donors (Lipinski definition) is 2. The monoisotopic (exact) mass is 846 g/mol. The molecular weight excluding hydrogens is 807 g/mol. The van der Waals surface area contributed by atoms with Gasteiger partial charge in [0.05, 0.1) is 18.8 Å². The number of ether oxygens (including phenoxy) is 5. The molecular formula is C41H40F2N6O10S. The first-order valence-corrected chi connectivity index (χ1v) is 20.1. The van der Waals surface area contributed by atoms with Crippen LogP contribution in [0, 0.1) is 11.6 Å². The van der Waals surface area contributed by atoms with E-state index in [0.717, 1.165) is 12.5 Å². The van der Waals surface area contributed by atoms with Crippen molar-refractivity contribution in [2.24, 2.45) is 0 Å². The van der Waals surface area contributed by atoms with Crippen LogP contribution in [-0.4, -0.2) is 97.3 Å². The summed E-state index contributed by atoms with van der Waals surface area (Å²) >= 11 is 1.40. The second-order valence-electron chi connectivity index (χ2n) is 14.1. The van der Waals surface area contributed by atoms with Crippen LogP contribution in [0.15, 0.2) is 71.9 Å². The van der Waals surface area contributed by atoms with Crippen molar-refractivity contribution in [1.29, 1.82) is 0 Å². The normalized spacial score (nSPS) is 20.7. The number of esters is 4. The molecule has 0 aliphatic heterocycles. The van der Waals surface area contributed by atoms with E-state index in [4.69, 9.17) is 33.7 Å². The number of benzene rings is 3. The molecule has 0 amide bonds. The molecule has 2 fully saturated rings. The second-order valence-corrected chi connectivity index (χ2v) is 15.1. The quantitative estimate of drug-likeness (QED) is 0.0408. The third-order valence-corrected chi connectivity index (χ3v) is 10.8. The standard InChI is InChI=1S/C41H40F2N6O10S/c1-4-17-60-41-45-37(44-29-19-26(29)23-13-14-27(42)28(43)18-23)34-38(46-41)49(48-47-34)30-20-33(55-15-16-56-39(53)24-9-5-7-11-31(24)57-21(2)50)36(35(30)52)59-40(54)25-10-6-8-12-32(25)58-22(3)51/h5-14,18,26,29-30,33,35-36,52H,4,15-17,19-20H2,1-3H3,(H,44,45,46)/t26-,29?,30+,33-,35-,36+/m0/s1. The zero-order valence-electron chi connectivity index (χ0n) is 32.6. The van der Waals surface area contributed by atoms with Crippen molar-refractivity contribution in [3.05, 3.63) is 95.1 Å². The van der Waals surface area contributed by atoms with Gasteiger partial charge in [-0.3, -0.25) is 9.59 Å². The summed E-state index contributed by atoms with van der Waals surface area (Å²) in [5, 5.41) is 24.4. The van der Waals surface area contributed by atoms with Crippen LogP contribution in [0.5, 0.6) is 11.5 Å². The fraction of sp³-hybridized carbons (Fsp3) is 0.366. The van der Waals surface area contributed by atoms with Crippen molar-refractivity contribution >= 4 is 52.6 Å². The Bertz CT molecular complexity index is 2420. The Morgan fingerprint density at radius 1 is 0.883 bits per heavy atom. The maximum absolute atomic E-state index is 14.0. The van der Waals surface area contributed by atoms with E-state index < -0.39 is 59.9 Å². The molecule has 0 saturated heterocycles. The van der Waals surface area contributed by atoms with Crippen LogP contribution >= 0.6 is 11.8 Å². The summed E-state index contributed by atoms with van der Waals surface area (Å²) in [7, 11) is 0. The predicted octanol–water partition coefficient (Wildman–Crippen LogP) is 5.59. The molecule has 60 heavy (non-hydrogen) atoms. The molecule has 2 N–H and O–H groups in total. The number of aromatic nitrogens is 5. The number of halogens is 2. The molecule has 6 atom stereocenters. The highest BCUT2D eigenvalue weighted by molar-refractivity contribution is 7.99. The van der Waals surface area contributed by atoms with Gasteiger partial charge < -0.3 is 34.1 Å². The van der Waals surface area contributed by atoms with E-state index in [1.807, 2.05) is 6.92 Å². The van der Waals surface area contributed by atoms with Crippen molar-refractivity contribution in [2.75, 3.05) is 24.3 Å². The lowest BCUT2D eigenvalue weighted by Crippen LogP contribution is -2.38. The minimum Gasteiger partial charge on any atom is -0.460 e. The number of carbonyl (C=O) groups is 4. The number of nitrogens with zero attached hydrogens (tertiary/aromatic N) is 5.